The minimum Gasteiger partial charge on any atom is -0.396 e. The Labute approximate surface area is 184 Å². The molecule has 3 N–H and O–H groups in total. The number of rotatable bonds is 8. The topological polar surface area (TPSA) is 108 Å². The van der Waals surface area contributed by atoms with E-state index in [0.29, 0.717) is 32.4 Å². The van der Waals surface area contributed by atoms with Crippen LogP contribution in [0.25, 0.3) is 0 Å². The van der Waals surface area contributed by atoms with Crippen LogP contribution in [0.15, 0.2) is 0 Å². The Kier molecular flexibility index (Phi) is 6.32. The second kappa shape index (κ2) is 8.70. The zero-order valence-electron chi connectivity index (χ0n) is 18.8. The van der Waals surface area contributed by atoms with Gasteiger partial charge >= 0.3 is 0 Å². The van der Waals surface area contributed by atoms with Gasteiger partial charge in [0.15, 0.2) is 0 Å². The van der Waals surface area contributed by atoms with Crippen molar-refractivity contribution in [2.24, 2.45) is 11.8 Å². The molecular weight excluding hydrogens is 398 g/mol. The summed E-state index contributed by atoms with van der Waals surface area (Å²) in [7, 11) is 0. The Morgan fingerprint density at radius 1 is 1.19 bits per heavy atom. The van der Waals surface area contributed by atoms with Gasteiger partial charge in [0, 0.05) is 25.7 Å². The number of likely N-dealkylation sites (tertiary alicyclic amines) is 1. The molecule has 1 saturated carbocycles. The Morgan fingerprint density at radius 2 is 1.94 bits per heavy atom. The monoisotopic (exact) mass is 435 g/mol. The van der Waals surface area contributed by atoms with Gasteiger partial charge in [0.1, 0.15) is 11.6 Å². The number of carbonyl (C=O) groups excluding carboxylic acids is 3. The fourth-order valence-corrected chi connectivity index (χ4v) is 6.49. The lowest BCUT2D eigenvalue weighted by atomic mass is 9.66. The third kappa shape index (κ3) is 3.65. The van der Waals surface area contributed by atoms with Crippen LogP contribution in [-0.4, -0.2) is 70.7 Å². The van der Waals surface area contributed by atoms with E-state index in [1.165, 1.54) is 6.42 Å². The van der Waals surface area contributed by atoms with Gasteiger partial charge in [0.05, 0.1) is 17.4 Å². The molecular formula is C23H37N3O5. The van der Waals surface area contributed by atoms with Crippen molar-refractivity contribution in [1.82, 2.24) is 15.5 Å². The zero-order valence-corrected chi connectivity index (χ0v) is 18.8. The predicted molar refractivity (Wildman–Crippen MR) is 114 cm³/mol. The van der Waals surface area contributed by atoms with Crippen molar-refractivity contribution in [3.05, 3.63) is 0 Å². The normalized spacial score (nSPS) is 37.2. The van der Waals surface area contributed by atoms with Crippen molar-refractivity contribution in [2.45, 2.75) is 94.9 Å². The largest absolute Gasteiger partial charge is 0.396 e. The van der Waals surface area contributed by atoms with Crippen LogP contribution in [-0.2, 0) is 19.1 Å². The molecule has 174 valence electrons. The molecule has 3 heterocycles. The number of hydrogen-bond acceptors (Lipinski definition) is 5. The van der Waals surface area contributed by atoms with Gasteiger partial charge in [-0.05, 0) is 45.4 Å². The number of hydrogen-bond donors (Lipinski definition) is 3. The number of aliphatic hydroxyl groups is 1. The van der Waals surface area contributed by atoms with E-state index >= 15 is 0 Å². The summed E-state index contributed by atoms with van der Waals surface area (Å²) in [5.41, 5.74) is -1.70. The number of nitrogens with zero attached hydrogens (tertiary/aromatic N) is 1. The summed E-state index contributed by atoms with van der Waals surface area (Å²) in [5, 5.41) is 15.5. The average Bonchev–Trinajstić information content (AvgIpc) is 3.32. The predicted octanol–water partition coefficient (Wildman–Crippen LogP) is 1.11. The molecule has 8 heteroatoms. The van der Waals surface area contributed by atoms with E-state index in [9.17, 15) is 19.5 Å². The molecule has 3 amide bonds. The molecule has 2 unspecified atom stereocenters. The van der Waals surface area contributed by atoms with Gasteiger partial charge in [-0.15, -0.1) is 0 Å². The van der Waals surface area contributed by atoms with E-state index < -0.39 is 29.1 Å². The summed E-state index contributed by atoms with van der Waals surface area (Å²) in [6.45, 7) is 4.69. The Bertz CT molecular complexity index is 724. The Balaban J connectivity index is 1.64. The van der Waals surface area contributed by atoms with Gasteiger partial charge in [-0.3, -0.25) is 14.4 Å². The summed E-state index contributed by atoms with van der Waals surface area (Å²) in [6, 6.07) is -0.617. The van der Waals surface area contributed by atoms with Crippen LogP contribution in [0.1, 0.15) is 71.6 Å². The van der Waals surface area contributed by atoms with Crippen LogP contribution < -0.4 is 10.6 Å². The second-order valence-corrected chi connectivity index (χ2v) is 9.97. The van der Waals surface area contributed by atoms with Crippen LogP contribution in [0.5, 0.6) is 0 Å². The zero-order chi connectivity index (χ0) is 22.2. The van der Waals surface area contributed by atoms with Gasteiger partial charge < -0.3 is 25.4 Å². The molecule has 31 heavy (non-hydrogen) atoms. The molecule has 4 aliphatic rings. The lowest BCUT2D eigenvalue weighted by Gasteiger charge is -2.35. The van der Waals surface area contributed by atoms with Gasteiger partial charge in [0.25, 0.3) is 0 Å². The molecule has 0 aromatic rings. The first-order valence-electron chi connectivity index (χ1n) is 12.1. The molecule has 4 fully saturated rings. The molecule has 3 saturated heterocycles. The summed E-state index contributed by atoms with van der Waals surface area (Å²) in [4.78, 5) is 41.9. The first-order valence-corrected chi connectivity index (χ1v) is 12.1. The molecule has 0 aromatic heterocycles. The minimum atomic E-state index is -0.964. The molecule has 0 radical (unpaired) electrons. The van der Waals surface area contributed by atoms with E-state index in [0.717, 1.165) is 32.1 Å². The molecule has 5 atom stereocenters. The number of carbonyl (C=O) groups is 3. The van der Waals surface area contributed by atoms with Crippen LogP contribution in [0.4, 0.5) is 0 Å². The minimum absolute atomic E-state index is 0.0581. The first kappa shape index (κ1) is 22.5. The number of fused-ring (bicyclic) bond motifs is 1. The maximum absolute atomic E-state index is 13.6. The molecule has 1 spiro atoms. The molecule has 4 rings (SSSR count). The van der Waals surface area contributed by atoms with Crippen molar-refractivity contribution in [1.29, 1.82) is 0 Å². The standard InChI is InChI=1S/C23H37N3O5/c1-3-12-24-19(28)16-17-21(30)26(13-7-14-27)18(23(17)11-10-22(16,2)31-23)20(29)25-15-8-5-4-6-9-15/h15-18,27H,3-14H2,1-2H3,(H,24,28)(H,25,29)/t16-,17-,18?,22+,23?/m0/s1. The molecule has 2 bridgehead atoms. The van der Waals surface area contributed by atoms with Crippen LogP contribution in [0, 0.1) is 11.8 Å². The Morgan fingerprint density at radius 3 is 2.61 bits per heavy atom. The summed E-state index contributed by atoms with van der Waals surface area (Å²) in [5.74, 6) is -1.75. The Hall–Kier alpha value is -1.67. The molecule has 1 aliphatic carbocycles. The second-order valence-electron chi connectivity index (χ2n) is 9.97. The fraction of sp³-hybridized carbons (Fsp3) is 0.870. The summed E-state index contributed by atoms with van der Waals surface area (Å²) in [6.07, 6.45) is 7.77. The van der Waals surface area contributed by atoms with E-state index in [-0.39, 0.29) is 30.4 Å². The molecule has 0 aromatic carbocycles. The van der Waals surface area contributed by atoms with E-state index in [1.54, 1.807) is 4.90 Å². The highest BCUT2D eigenvalue weighted by Crippen LogP contribution is 2.63. The van der Waals surface area contributed by atoms with E-state index in [1.807, 2.05) is 13.8 Å². The quantitative estimate of drug-likeness (QED) is 0.529. The van der Waals surface area contributed by atoms with Crippen LogP contribution >= 0.6 is 0 Å². The highest BCUT2D eigenvalue weighted by Gasteiger charge is 2.77. The molecule has 8 nitrogen and oxygen atoms in total. The summed E-state index contributed by atoms with van der Waals surface area (Å²) >= 11 is 0. The first-order chi connectivity index (χ1) is 14.9. The van der Waals surface area contributed by atoms with E-state index in [4.69, 9.17) is 4.74 Å². The van der Waals surface area contributed by atoms with Crippen molar-refractivity contribution >= 4 is 17.7 Å². The fourth-order valence-electron chi connectivity index (χ4n) is 6.49. The van der Waals surface area contributed by atoms with Crippen LogP contribution in [0.3, 0.4) is 0 Å². The lowest BCUT2D eigenvalue weighted by Crippen LogP contribution is -2.57. The van der Waals surface area contributed by atoms with Gasteiger partial charge in [-0.1, -0.05) is 26.2 Å². The highest BCUT2D eigenvalue weighted by molar-refractivity contribution is 5.99. The number of ether oxygens (including phenoxy) is 1. The van der Waals surface area contributed by atoms with Crippen molar-refractivity contribution in [3.63, 3.8) is 0 Å². The summed E-state index contributed by atoms with van der Waals surface area (Å²) < 4.78 is 6.54. The maximum Gasteiger partial charge on any atom is 0.246 e. The van der Waals surface area contributed by atoms with Gasteiger partial charge in [0.2, 0.25) is 17.7 Å². The van der Waals surface area contributed by atoms with Crippen LogP contribution in [0.2, 0.25) is 0 Å². The average molecular weight is 436 g/mol. The molecule has 3 aliphatic heterocycles. The third-order valence-electron chi connectivity index (χ3n) is 7.87. The third-order valence-corrected chi connectivity index (χ3v) is 7.87. The van der Waals surface area contributed by atoms with E-state index in [2.05, 4.69) is 10.6 Å². The van der Waals surface area contributed by atoms with Crippen molar-refractivity contribution in [3.8, 4) is 0 Å². The smallest absolute Gasteiger partial charge is 0.246 e. The maximum atomic E-state index is 13.6. The number of nitrogens with one attached hydrogen (secondary N) is 2. The SMILES string of the molecule is CCCNC(=O)[C@@H]1[C@H]2C(=O)N(CCCO)C(C(=O)NC3CCCCC3)C23CC[C@@]1(C)O3. The number of amides is 3. The lowest BCUT2D eigenvalue weighted by molar-refractivity contribution is -0.146. The highest BCUT2D eigenvalue weighted by atomic mass is 16.5. The van der Waals surface area contributed by atoms with Gasteiger partial charge in [-0.2, -0.15) is 0 Å². The van der Waals surface area contributed by atoms with Gasteiger partial charge in [-0.25, -0.2) is 0 Å². The van der Waals surface area contributed by atoms with Crippen molar-refractivity contribution < 1.29 is 24.2 Å². The van der Waals surface area contributed by atoms with Crippen molar-refractivity contribution in [2.75, 3.05) is 19.7 Å². The number of aliphatic hydroxyl groups excluding tert-OH is 1.